The maximum absolute atomic E-state index is 12.3. The van der Waals surface area contributed by atoms with E-state index in [0.29, 0.717) is 13.1 Å². The van der Waals surface area contributed by atoms with Crippen molar-refractivity contribution in [2.75, 3.05) is 32.4 Å². The molecule has 2 N–H and O–H groups in total. The number of urea groups is 1. The highest BCUT2D eigenvalue weighted by atomic mass is 32.2. The minimum Gasteiger partial charge on any atom is -0.337 e. The van der Waals surface area contributed by atoms with E-state index in [9.17, 15) is 13.2 Å². The predicted octanol–water partition coefficient (Wildman–Crippen LogP) is 1.69. The minimum atomic E-state index is -3.21. The van der Waals surface area contributed by atoms with Gasteiger partial charge >= 0.3 is 6.03 Å². The molecule has 1 unspecified atom stereocenters. The zero-order valence-electron chi connectivity index (χ0n) is 14.4. The lowest BCUT2D eigenvalue weighted by molar-refractivity contribution is 0.199. The number of carbonyl (C=O) groups is 1. The molecule has 1 aliphatic rings. The summed E-state index contributed by atoms with van der Waals surface area (Å²) in [5, 5.41) is 2.78. The van der Waals surface area contributed by atoms with E-state index in [0.717, 1.165) is 32.1 Å². The Hall–Kier alpha value is -1.60. The van der Waals surface area contributed by atoms with E-state index in [-0.39, 0.29) is 18.0 Å². The van der Waals surface area contributed by atoms with Gasteiger partial charge in [0.2, 0.25) is 10.0 Å². The lowest BCUT2D eigenvalue weighted by Crippen LogP contribution is -2.43. The molecule has 0 aromatic heterocycles. The Morgan fingerprint density at radius 2 is 1.88 bits per heavy atom. The molecule has 0 saturated carbocycles. The zero-order valence-corrected chi connectivity index (χ0v) is 15.2. The van der Waals surface area contributed by atoms with Crippen molar-refractivity contribution >= 4 is 16.1 Å². The molecule has 6 nitrogen and oxygen atoms in total. The number of hydrogen-bond donors (Lipinski definition) is 2. The second kappa shape index (κ2) is 7.98. The van der Waals surface area contributed by atoms with Gasteiger partial charge in [-0.15, -0.1) is 0 Å². The van der Waals surface area contributed by atoms with E-state index < -0.39 is 10.0 Å². The van der Waals surface area contributed by atoms with Crippen LogP contribution in [-0.2, 0) is 15.4 Å². The van der Waals surface area contributed by atoms with Crippen LogP contribution >= 0.6 is 0 Å². The first-order chi connectivity index (χ1) is 11.3. The number of amides is 2. The number of hydrogen-bond acceptors (Lipinski definition) is 3. The highest BCUT2D eigenvalue weighted by Gasteiger charge is 2.30. The Kier molecular flexibility index (Phi) is 6.23. The molecule has 1 aromatic carbocycles. The Labute approximate surface area is 144 Å². The molecule has 2 rings (SSSR count). The average Bonchev–Trinajstić information content (AvgIpc) is 2.74. The topological polar surface area (TPSA) is 78.5 Å². The van der Waals surface area contributed by atoms with Crippen LogP contribution in [0.4, 0.5) is 4.79 Å². The van der Waals surface area contributed by atoms with Crippen LogP contribution in [0.25, 0.3) is 0 Å². The molecule has 0 spiro atoms. The third-order valence-corrected chi connectivity index (χ3v) is 5.34. The number of carbonyl (C=O) groups excluding carboxylic acids is 1. The SMILES string of the molecule is CC1(c2ccccc2)CCCN(C(=O)NCCNS(C)(=O)=O)CC1. The summed E-state index contributed by atoms with van der Waals surface area (Å²) in [6, 6.07) is 10.3. The maximum atomic E-state index is 12.3. The Morgan fingerprint density at radius 3 is 2.54 bits per heavy atom. The summed E-state index contributed by atoms with van der Waals surface area (Å²) < 4.78 is 24.4. The van der Waals surface area contributed by atoms with E-state index in [4.69, 9.17) is 0 Å². The van der Waals surface area contributed by atoms with Crippen LogP contribution in [0.15, 0.2) is 30.3 Å². The van der Waals surface area contributed by atoms with Crippen molar-refractivity contribution in [2.24, 2.45) is 0 Å². The van der Waals surface area contributed by atoms with Gasteiger partial charge in [-0.05, 0) is 30.2 Å². The molecule has 1 aromatic rings. The lowest BCUT2D eigenvalue weighted by atomic mass is 9.76. The van der Waals surface area contributed by atoms with Crippen LogP contribution < -0.4 is 10.0 Å². The minimum absolute atomic E-state index is 0.0914. The van der Waals surface area contributed by atoms with Crippen LogP contribution in [-0.4, -0.2) is 51.8 Å². The molecule has 134 valence electrons. The normalized spacial score (nSPS) is 22.0. The smallest absolute Gasteiger partial charge is 0.317 e. The van der Waals surface area contributed by atoms with Crippen molar-refractivity contribution in [1.82, 2.24) is 14.9 Å². The maximum Gasteiger partial charge on any atom is 0.317 e. The summed E-state index contributed by atoms with van der Waals surface area (Å²) in [6.07, 6.45) is 4.04. The first-order valence-corrected chi connectivity index (χ1v) is 10.2. The number of nitrogens with one attached hydrogen (secondary N) is 2. The van der Waals surface area contributed by atoms with Gasteiger partial charge in [-0.1, -0.05) is 37.3 Å². The number of sulfonamides is 1. The molecule has 2 amide bonds. The van der Waals surface area contributed by atoms with Gasteiger partial charge < -0.3 is 10.2 Å². The predicted molar refractivity (Wildman–Crippen MR) is 95.5 cm³/mol. The van der Waals surface area contributed by atoms with E-state index in [1.165, 1.54) is 5.56 Å². The number of nitrogens with zero attached hydrogens (tertiary/aromatic N) is 1. The molecule has 1 atom stereocenters. The number of rotatable bonds is 5. The van der Waals surface area contributed by atoms with Crippen molar-refractivity contribution in [3.05, 3.63) is 35.9 Å². The van der Waals surface area contributed by atoms with Crippen molar-refractivity contribution < 1.29 is 13.2 Å². The van der Waals surface area contributed by atoms with Crippen LogP contribution in [0.1, 0.15) is 31.7 Å². The third-order valence-electron chi connectivity index (χ3n) is 4.61. The molecule has 1 fully saturated rings. The highest BCUT2D eigenvalue weighted by molar-refractivity contribution is 7.88. The van der Waals surface area contributed by atoms with Crippen LogP contribution in [0.2, 0.25) is 0 Å². The summed E-state index contributed by atoms with van der Waals surface area (Å²) in [4.78, 5) is 14.1. The summed E-state index contributed by atoms with van der Waals surface area (Å²) in [5.74, 6) is 0. The second-order valence-electron chi connectivity index (χ2n) is 6.67. The summed E-state index contributed by atoms with van der Waals surface area (Å²) >= 11 is 0. The number of benzene rings is 1. The molecule has 1 saturated heterocycles. The first kappa shape index (κ1) is 18.7. The highest BCUT2D eigenvalue weighted by Crippen LogP contribution is 2.34. The zero-order chi connectivity index (χ0) is 17.6. The van der Waals surface area contributed by atoms with Gasteiger partial charge in [-0.2, -0.15) is 0 Å². The quantitative estimate of drug-likeness (QED) is 0.791. The van der Waals surface area contributed by atoms with Gasteiger partial charge in [-0.25, -0.2) is 17.9 Å². The van der Waals surface area contributed by atoms with Crippen LogP contribution in [0, 0.1) is 0 Å². The van der Waals surface area contributed by atoms with Crippen molar-refractivity contribution in [3.63, 3.8) is 0 Å². The van der Waals surface area contributed by atoms with Crippen molar-refractivity contribution in [2.45, 2.75) is 31.6 Å². The average molecular weight is 353 g/mol. The van der Waals surface area contributed by atoms with E-state index in [1.807, 2.05) is 11.0 Å². The summed E-state index contributed by atoms with van der Waals surface area (Å²) in [7, 11) is -3.21. The standard InChI is InChI=1S/C17H27N3O3S/c1-17(15-7-4-3-5-8-15)9-6-13-20(14-10-17)16(21)18-11-12-19-24(2,22)23/h3-5,7-8,19H,6,9-14H2,1-2H3,(H,18,21). The van der Waals surface area contributed by atoms with Gasteiger partial charge in [0.05, 0.1) is 6.26 Å². The molecule has 1 heterocycles. The largest absolute Gasteiger partial charge is 0.337 e. The Balaban J connectivity index is 1.85. The summed E-state index contributed by atoms with van der Waals surface area (Å²) in [5.41, 5.74) is 1.42. The first-order valence-electron chi connectivity index (χ1n) is 8.33. The molecule has 0 radical (unpaired) electrons. The summed E-state index contributed by atoms with van der Waals surface area (Å²) in [6.45, 7) is 4.20. The third kappa shape index (κ3) is 5.49. The molecule has 0 aliphatic carbocycles. The van der Waals surface area contributed by atoms with Crippen molar-refractivity contribution in [1.29, 1.82) is 0 Å². The fourth-order valence-electron chi connectivity index (χ4n) is 3.13. The molecule has 24 heavy (non-hydrogen) atoms. The van der Waals surface area contributed by atoms with E-state index in [1.54, 1.807) is 0 Å². The van der Waals surface area contributed by atoms with Gasteiger partial charge in [0.15, 0.2) is 0 Å². The second-order valence-corrected chi connectivity index (χ2v) is 8.50. The van der Waals surface area contributed by atoms with Crippen molar-refractivity contribution in [3.8, 4) is 0 Å². The fraction of sp³-hybridized carbons (Fsp3) is 0.588. The van der Waals surface area contributed by atoms with Gasteiger partial charge in [0.25, 0.3) is 0 Å². The van der Waals surface area contributed by atoms with E-state index in [2.05, 4.69) is 41.2 Å². The fourth-order valence-corrected chi connectivity index (χ4v) is 3.60. The molecular formula is C17H27N3O3S. The van der Waals surface area contributed by atoms with Gasteiger partial charge in [-0.3, -0.25) is 0 Å². The van der Waals surface area contributed by atoms with Gasteiger partial charge in [0.1, 0.15) is 0 Å². The number of likely N-dealkylation sites (tertiary alicyclic amines) is 1. The monoisotopic (exact) mass is 353 g/mol. The van der Waals surface area contributed by atoms with Gasteiger partial charge in [0, 0.05) is 26.2 Å². The molecular weight excluding hydrogens is 326 g/mol. The Bertz CT molecular complexity index is 648. The van der Waals surface area contributed by atoms with Crippen LogP contribution in [0.3, 0.4) is 0 Å². The van der Waals surface area contributed by atoms with E-state index >= 15 is 0 Å². The van der Waals surface area contributed by atoms with Crippen LogP contribution in [0.5, 0.6) is 0 Å². The Morgan fingerprint density at radius 1 is 1.17 bits per heavy atom. The lowest BCUT2D eigenvalue weighted by Gasteiger charge is -2.29. The molecule has 1 aliphatic heterocycles. The molecule has 0 bridgehead atoms. The molecule has 7 heteroatoms.